The van der Waals surface area contributed by atoms with E-state index in [4.69, 9.17) is 5.11 Å². The van der Waals surface area contributed by atoms with Gasteiger partial charge in [-0.3, -0.25) is 0 Å². The Bertz CT molecular complexity index is 673. The molecule has 2 aromatic rings. The number of rotatable bonds is 2. The predicted molar refractivity (Wildman–Crippen MR) is 72.4 cm³/mol. The third-order valence-corrected chi connectivity index (χ3v) is 3.41. The molecular weight excluding hydrogens is 240 g/mol. The van der Waals surface area contributed by atoms with E-state index in [9.17, 15) is 5.11 Å². The maximum absolute atomic E-state index is 10.7. The minimum atomic E-state index is -1.16. The van der Waals surface area contributed by atoms with Gasteiger partial charge in [-0.25, -0.2) is 0 Å². The quantitative estimate of drug-likeness (QED) is 0.856. The lowest BCUT2D eigenvalue weighted by Gasteiger charge is -2.26. The van der Waals surface area contributed by atoms with E-state index in [1.54, 1.807) is 18.3 Å². The third kappa shape index (κ3) is 2.05. The first-order chi connectivity index (χ1) is 9.23. The van der Waals surface area contributed by atoms with Crippen LogP contribution in [0.4, 0.5) is 0 Å². The molecule has 1 unspecified atom stereocenters. The second-order valence-corrected chi connectivity index (χ2v) is 4.68. The van der Waals surface area contributed by atoms with Crippen molar-refractivity contribution in [3.05, 3.63) is 60.0 Å². The van der Waals surface area contributed by atoms with E-state index in [-0.39, 0.29) is 6.61 Å². The monoisotopic (exact) mass is 254 g/mol. The van der Waals surface area contributed by atoms with Crippen LogP contribution >= 0.6 is 0 Å². The molecular formula is C15H14N2O2. The van der Waals surface area contributed by atoms with Crippen LogP contribution in [0.25, 0.3) is 10.8 Å². The Morgan fingerprint density at radius 3 is 2.84 bits per heavy atom. The molecule has 1 aliphatic carbocycles. The summed E-state index contributed by atoms with van der Waals surface area (Å²) in [7, 11) is 0. The van der Waals surface area contributed by atoms with Crippen LogP contribution in [-0.4, -0.2) is 27.0 Å². The Hall–Kier alpha value is -2.04. The van der Waals surface area contributed by atoms with E-state index in [1.807, 2.05) is 30.3 Å². The molecule has 0 bridgehead atoms. The fourth-order valence-corrected chi connectivity index (χ4v) is 2.31. The van der Waals surface area contributed by atoms with Crippen LogP contribution in [0.3, 0.4) is 0 Å². The first-order valence-electron chi connectivity index (χ1n) is 6.15. The summed E-state index contributed by atoms with van der Waals surface area (Å²) in [6.45, 7) is -0.0200. The highest BCUT2D eigenvalue weighted by molar-refractivity contribution is 5.84. The first-order valence-corrected chi connectivity index (χ1v) is 6.15. The van der Waals surface area contributed by atoms with Crippen molar-refractivity contribution in [3.63, 3.8) is 0 Å². The Balaban J connectivity index is 2.11. The van der Waals surface area contributed by atoms with Gasteiger partial charge in [0.2, 0.25) is 0 Å². The first kappa shape index (κ1) is 12.0. The van der Waals surface area contributed by atoms with Crippen molar-refractivity contribution < 1.29 is 10.2 Å². The van der Waals surface area contributed by atoms with Crippen molar-refractivity contribution in [3.8, 4) is 0 Å². The SMILES string of the molecule is OCC1=CCC(O)(c2nncc3ccccc23)C=C1. The average Bonchev–Trinajstić information content (AvgIpc) is 2.47. The van der Waals surface area contributed by atoms with Gasteiger partial charge in [0.25, 0.3) is 0 Å². The molecule has 1 atom stereocenters. The predicted octanol–water partition coefficient (Wildman–Crippen LogP) is 1.70. The molecule has 3 rings (SSSR count). The van der Waals surface area contributed by atoms with Gasteiger partial charge in [0.05, 0.1) is 12.8 Å². The number of fused-ring (bicyclic) bond motifs is 1. The highest BCUT2D eigenvalue weighted by Crippen LogP contribution is 2.33. The zero-order valence-electron chi connectivity index (χ0n) is 10.3. The summed E-state index contributed by atoms with van der Waals surface area (Å²) in [5.41, 5.74) is 0.194. The minimum absolute atomic E-state index is 0.0200. The molecule has 1 heterocycles. The van der Waals surface area contributed by atoms with Crippen LogP contribution in [0.5, 0.6) is 0 Å². The largest absolute Gasteiger partial charge is 0.392 e. The van der Waals surface area contributed by atoms with Crippen molar-refractivity contribution in [2.24, 2.45) is 0 Å². The van der Waals surface area contributed by atoms with E-state index < -0.39 is 5.60 Å². The Morgan fingerprint density at radius 2 is 2.11 bits per heavy atom. The van der Waals surface area contributed by atoms with Gasteiger partial charge < -0.3 is 10.2 Å². The number of aliphatic hydroxyl groups is 2. The van der Waals surface area contributed by atoms with Crippen molar-refractivity contribution in [2.75, 3.05) is 6.61 Å². The summed E-state index contributed by atoms with van der Waals surface area (Å²) in [5, 5.41) is 29.7. The molecule has 4 nitrogen and oxygen atoms in total. The number of hydrogen-bond acceptors (Lipinski definition) is 4. The smallest absolute Gasteiger partial charge is 0.131 e. The van der Waals surface area contributed by atoms with Gasteiger partial charge >= 0.3 is 0 Å². The standard InChI is InChI=1S/C15H14N2O2/c18-10-11-5-7-15(19,8-6-11)14-13-4-2-1-3-12(13)9-16-17-14/h1-7,9,18-19H,8,10H2. The summed E-state index contributed by atoms with van der Waals surface area (Å²) in [4.78, 5) is 0. The van der Waals surface area contributed by atoms with Gasteiger partial charge in [0, 0.05) is 17.2 Å². The molecule has 0 amide bonds. The van der Waals surface area contributed by atoms with Crippen LogP contribution in [-0.2, 0) is 5.60 Å². The molecule has 19 heavy (non-hydrogen) atoms. The maximum Gasteiger partial charge on any atom is 0.131 e. The van der Waals surface area contributed by atoms with Crippen LogP contribution in [0, 0.1) is 0 Å². The Labute approximate surface area is 110 Å². The summed E-state index contributed by atoms with van der Waals surface area (Å²) >= 11 is 0. The van der Waals surface area contributed by atoms with Crippen molar-refractivity contribution >= 4 is 10.8 Å². The van der Waals surface area contributed by atoms with E-state index in [0.29, 0.717) is 12.1 Å². The summed E-state index contributed by atoms with van der Waals surface area (Å²) in [6, 6.07) is 7.71. The molecule has 1 aromatic carbocycles. The van der Waals surface area contributed by atoms with Crippen molar-refractivity contribution in [2.45, 2.75) is 12.0 Å². The van der Waals surface area contributed by atoms with Crippen molar-refractivity contribution in [1.82, 2.24) is 10.2 Å². The number of nitrogens with zero attached hydrogens (tertiary/aromatic N) is 2. The van der Waals surface area contributed by atoms with E-state index in [1.165, 1.54) is 0 Å². The van der Waals surface area contributed by atoms with Gasteiger partial charge in [0.15, 0.2) is 0 Å². The lowest BCUT2D eigenvalue weighted by atomic mass is 9.87. The fraction of sp³-hybridized carbons (Fsp3) is 0.200. The highest BCUT2D eigenvalue weighted by atomic mass is 16.3. The Kier molecular flexibility index (Phi) is 2.89. The normalized spacial score (nSPS) is 22.5. The molecule has 0 fully saturated rings. The second kappa shape index (κ2) is 4.57. The van der Waals surface area contributed by atoms with Gasteiger partial charge in [0.1, 0.15) is 11.3 Å². The third-order valence-electron chi connectivity index (χ3n) is 3.41. The molecule has 4 heteroatoms. The molecule has 0 aliphatic heterocycles. The molecule has 0 saturated heterocycles. The molecule has 0 radical (unpaired) electrons. The highest BCUT2D eigenvalue weighted by Gasteiger charge is 2.31. The lowest BCUT2D eigenvalue weighted by Crippen LogP contribution is -2.26. The van der Waals surface area contributed by atoms with Gasteiger partial charge in [-0.05, 0) is 11.6 Å². The molecule has 1 aromatic heterocycles. The zero-order chi connectivity index (χ0) is 13.3. The zero-order valence-corrected chi connectivity index (χ0v) is 10.3. The number of hydrogen-bond donors (Lipinski definition) is 2. The van der Waals surface area contributed by atoms with Gasteiger partial charge in [-0.2, -0.15) is 10.2 Å². The van der Waals surface area contributed by atoms with Crippen LogP contribution in [0.2, 0.25) is 0 Å². The summed E-state index contributed by atoms with van der Waals surface area (Å²) in [6.07, 6.45) is 7.30. The van der Waals surface area contributed by atoms with Crippen LogP contribution in [0.1, 0.15) is 12.1 Å². The molecule has 2 N–H and O–H groups in total. The second-order valence-electron chi connectivity index (χ2n) is 4.68. The number of aromatic nitrogens is 2. The van der Waals surface area contributed by atoms with Crippen LogP contribution < -0.4 is 0 Å². The van der Waals surface area contributed by atoms with Crippen LogP contribution in [0.15, 0.2) is 54.3 Å². The Morgan fingerprint density at radius 1 is 1.26 bits per heavy atom. The summed E-state index contributed by atoms with van der Waals surface area (Å²) < 4.78 is 0. The number of aliphatic hydroxyl groups excluding tert-OH is 1. The molecule has 1 aliphatic rings. The molecule has 96 valence electrons. The lowest BCUT2D eigenvalue weighted by molar-refractivity contribution is 0.0868. The van der Waals surface area contributed by atoms with E-state index >= 15 is 0 Å². The van der Waals surface area contributed by atoms with Crippen molar-refractivity contribution in [1.29, 1.82) is 0 Å². The minimum Gasteiger partial charge on any atom is -0.392 e. The maximum atomic E-state index is 10.7. The number of benzene rings is 1. The van der Waals surface area contributed by atoms with Gasteiger partial charge in [-0.1, -0.05) is 36.4 Å². The molecule has 0 spiro atoms. The summed E-state index contributed by atoms with van der Waals surface area (Å²) in [5.74, 6) is 0. The van der Waals surface area contributed by atoms with E-state index in [2.05, 4.69) is 10.2 Å². The average molecular weight is 254 g/mol. The van der Waals surface area contributed by atoms with Gasteiger partial charge in [-0.15, -0.1) is 0 Å². The molecule has 0 saturated carbocycles. The van der Waals surface area contributed by atoms with E-state index in [0.717, 1.165) is 16.3 Å². The fourth-order valence-electron chi connectivity index (χ4n) is 2.31. The topological polar surface area (TPSA) is 66.2 Å².